The number of nitrogens with zero attached hydrogens (tertiary/aromatic N) is 3. The number of aryl methyl sites for hydroxylation is 1. The molecule has 0 bridgehead atoms. The SMILES string of the molecule is Cc1ccc2c(Cl)c3c(nc2c1)C=CN(c1ccccc1)N=C3. The van der Waals surface area contributed by atoms with Gasteiger partial charge in [-0.15, -0.1) is 0 Å². The number of anilines is 1. The van der Waals surface area contributed by atoms with Crippen LogP contribution in [0.2, 0.25) is 5.02 Å². The lowest BCUT2D eigenvalue weighted by Gasteiger charge is -2.12. The molecule has 2 heterocycles. The molecular weight excluding hydrogens is 306 g/mol. The number of para-hydroxylation sites is 1. The van der Waals surface area contributed by atoms with Crippen LogP contribution in [0, 0.1) is 6.92 Å². The van der Waals surface area contributed by atoms with Crippen molar-refractivity contribution < 1.29 is 0 Å². The number of hydrazone groups is 1. The lowest BCUT2D eigenvalue weighted by Crippen LogP contribution is -2.06. The predicted octanol–water partition coefficient (Wildman–Crippen LogP) is 5.02. The molecule has 1 aliphatic rings. The van der Waals surface area contributed by atoms with E-state index in [9.17, 15) is 0 Å². The number of hydrogen-bond donors (Lipinski definition) is 0. The van der Waals surface area contributed by atoms with Gasteiger partial charge in [0.25, 0.3) is 0 Å². The summed E-state index contributed by atoms with van der Waals surface area (Å²) in [5.74, 6) is 0. The summed E-state index contributed by atoms with van der Waals surface area (Å²) in [7, 11) is 0. The second kappa shape index (κ2) is 5.52. The number of fused-ring (bicyclic) bond motifs is 2. The fourth-order valence-electron chi connectivity index (χ4n) is 2.65. The van der Waals surface area contributed by atoms with Crippen LogP contribution < -0.4 is 5.01 Å². The minimum absolute atomic E-state index is 0.688. The van der Waals surface area contributed by atoms with Crippen molar-refractivity contribution >= 4 is 40.5 Å². The van der Waals surface area contributed by atoms with E-state index < -0.39 is 0 Å². The van der Waals surface area contributed by atoms with Crippen LogP contribution in [-0.4, -0.2) is 11.2 Å². The summed E-state index contributed by atoms with van der Waals surface area (Å²) in [6.45, 7) is 2.05. The van der Waals surface area contributed by atoms with E-state index in [4.69, 9.17) is 16.6 Å². The summed E-state index contributed by atoms with van der Waals surface area (Å²) in [6, 6.07) is 16.1. The molecule has 2 aromatic carbocycles. The molecule has 0 amide bonds. The molecule has 3 nitrogen and oxygen atoms in total. The lowest BCUT2D eigenvalue weighted by molar-refractivity contribution is 1.09. The Morgan fingerprint density at radius 1 is 1.04 bits per heavy atom. The maximum atomic E-state index is 6.59. The summed E-state index contributed by atoms with van der Waals surface area (Å²) in [5, 5.41) is 7.97. The highest BCUT2D eigenvalue weighted by Crippen LogP contribution is 2.30. The van der Waals surface area contributed by atoms with Gasteiger partial charge >= 0.3 is 0 Å². The Morgan fingerprint density at radius 3 is 2.70 bits per heavy atom. The maximum Gasteiger partial charge on any atom is 0.0756 e. The molecule has 1 aromatic heterocycles. The van der Waals surface area contributed by atoms with Crippen LogP contribution in [0.3, 0.4) is 0 Å². The molecule has 112 valence electrons. The fourth-order valence-corrected chi connectivity index (χ4v) is 2.96. The highest BCUT2D eigenvalue weighted by molar-refractivity contribution is 6.38. The number of halogens is 1. The third-order valence-electron chi connectivity index (χ3n) is 3.85. The monoisotopic (exact) mass is 319 g/mol. The summed E-state index contributed by atoms with van der Waals surface area (Å²) in [4.78, 5) is 4.74. The highest BCUT2D eigenvalue weighted by atomic mass is 35.5. The third kappa shape index (κ3) is 2.49. The van der Waals surface area contributed by atoms with E-state index in [-0.39, 0.29) is 0 Å². The van der Waals surface area contributed by atoms with Crippen LogP contribution in [0.5, 0.6) is 0 Å². The van der Waals surface area contributed by atoms with Gasteiger partial charge in [0, 0.05) is 17.1 Å². The Bertz CT molecular complexity index is 946. The Morgan fingerprint density at radius 2 is 1.87 bits per heavy atom. The standard InChI is InChI=1S/C19H14ClN3/c1-13-7-8-15-18(11-13)22-17-9-10-23(14-5-3-2-4-6-14)21-12-16(17)19(15)20/h2-12H,1H3. The number of pyridine rings is 1. The minimum Gasteiger partial charge on any atom is -0.248 e. The van der Waals surface area contributed by atoms with Crippen LogP contribution in [0.1, 0.15) is 16.8 Å². The van der Waals surface area contributed by atoms with Gasteiger partial charge < -0.3 is 0 Å². The van der Waals surface area contributed by atoms with Crippen LogP contribution in [0.15, 0.2) is 59.8 Å². The van der Waals surface area contributed by atoms with Crippen LogP contribution in [0.25, 0.3) is 17.0 Å². The van der Waals surface area contributed by atoms with Gasteiger partial charge in [0.2, 0.25) is 0 Å². The average Bonchev–Trinajstić information content (AvgIpc) is 2.78. The molecule has 0 radical (unpaired) electrons. The van der Waals surface area contributed by atoms with E-state index in [1.54, 1.807) is 6.21 Å². The van der Waals surface area contributed by atoms with Crippen molar-refractivity contribution in [2.45, 2.75) is 6.92 Å². The molecule has 23 heavy (non-hydrogen) atoms. The Labute approximate surface area is 139 Å². The van der Waals surface area contributed by atoms with Gasteiger partial charge in [0.05, 0.1) is 28.1 Å². The van der Waals surface area contributed by atoms with E-state index in [0.29, 0.717) is 5.02 Å². The molecular formula is C19H14ClN3. The van der Waals surface area contributed by atoms with Crippen molar-refractivity contribution in [2.75, 3.05) is 5.01 Å². The molecule has 0 saturated heterocycles. The molecule has 4 heteroatoms. The zero-order chi connectivity index (χ0) is 15.8. The summed E-state index contributed by atoms with van der Waals surface area (Å²) < 4.78 is 0. The van der Waals surface area contributed by atoms with E-state index in [0.717, 1.165) is 33.4 Å². The van der Waals surface area contributed by atoms with Crippen molar-refractivity contribution in [3.05, 3.63) is 76.6 Å². The van der Waals surface area contributed by atoms with E-state index in [1.807, 2.05) is 65.8 Å². The quantitative estimate of drug-likeness (QED) is 0.630. The molecule has 0 saturated carbocycles. The first kappa shape index (κ1) is 14.0. The molecule has 0 aliphatic carbocycles. The van der Waals surface area contributed by atoms with E-state index in [2.05, 4.69) is 12.0 Å². The molecule has 0 atom stereocenters. The van der Waals surface area contributed by atoms with Crippen molar-refractivity contribution in [3.8, 4) is 0 Å². The Balaban J connectivity index is 1.87. The normalized spacial score (nSPS) is 13.2. The predicted molar refractivity (Wildman–Crippen MR) is 97.0 cm³/mol. The van der Waals surface area contributed by atoms with Gasteiger partial charge in [-0.25, -0.2) is 9.99 Å². The van der Waals surface area contributed by atoms with Crippen LogP contribution >= 0.6 is 11.6 Å². The van der Waals surface area contributed by atoms with Crippen molar-refractivity contribution in [2.24, 2.45) is 5.10 Å². The van der Waals surface area contributed by atoms with Gasteiger partial charge in [-0.1, -0.05) is 41.9 Å². The molecule has 0 fully saturated rings. The van der Waals surface area contributed by atoms with Crippen LogP contribution in [-0.2, 0) is 0 Å². The van der Waals surface area contributed by atoms with Gasteiger partial charge in [-0.05, 0) is 36.8 Å². The van der Waals surface area contributed by atoms with Crippen molar-refractivity contribution in [1.29, 1.82) is 0 Å². The average molecular weight is 320 g/mol. The van der Waals surface area contributed by atoms with Crippen molar-refractivity contribution in [3.63, 3.8) is 0 Å². The molecule has 0 spiro atoms. The first-order chi connectivity index (χ1) is 11.2. The van der Waals surface area contributed by atoms with Gasteiger partial charge in [-0.2, -0.15) is 5.10 Å². The number of hydrogen-bond acceptors (Lipinski definition) is 3. The third-order valence-corrected chi connectivity index (χ3v) is 4.26. The number of rotatable bonds is 1. The molecule has 3 aromatic rings. The van der Waals surface area contributed by atoms with Gasteiger partial charge in [0.1, 0.15) is 0 Å². The Hall–Kier alpha value is -2.65. The smallest absolute Gasteiger partial charge is 0.0756 e. The number of aromatic nitrogens is 1. The highest BCUT2D eigenvalue weighted by Gasteiger charge is 2.14. The first-order valence-corrected chi connectivity index (χ1v) is 7.76. The summed E-state index contributed by atoms with van der Waals surface area (Å²) in [6.07, 6.45) is 5.63. The minimum atomic E-state index is 0.688. The summed E-state index contributed by atoms with van der Waals surface area (Å²) >= 11 is 6.59. The summed E-state index contributed by atoms with van der Waals surface area (Å²) in [5.41, 5.74) is 4.73. The largest absolute Gasteiger partial charge is 0.248 e. The molecule has 0 N–H and O–H groups in total. The maximum absolute atomic E-state index is 6.59. The number of benzene rings is 2. The topological polar surface area (TPSA) is 28.5 Å². The second-order valence-electron chi connectivity index (χ2n) is 5.49. The van der Waals surface area contributed by atoms with E-state index >= 15 is 0 Å². The van der Waals surface area contributed by atoms with E-state index in [1.165, 1.54) is 0 Å². The molecule has 0 unspecified atom stereocenters. The van der Waals surface area contributed by atoms with Gasteiger partial charge in [0.15, 0.2) is 0 Å². The fraction of sp³-hybridized carbons (Fsp3) is 0.0526. The van der Waals surface area contributed by atoms with Crippen molar-refractivity contribution in [1.82, 2.24) is 4.98 Å². The molecule has 4 rings (SSSR count). The lowest BCUT2D eigenvalue weighted by atomic mass is 10.1. The zero-order valence-corrected chi connectivity index (χ0v) is 13.3. The van der Waals surface area contributed by atoms with Crippen LogP contribution in [0.4, 0.5) is 5.69 Å². The van der Waals surface area contributed by atoms with Gasteiger partial charge in [-0.3, -0.25) is 0 Å². The Kier molecular flexibility index (Phi) is 3.36. The zero-order valence-electron chi connectivity index (χ0n) is 12.6. The molecule has 1 aliphatic heterocycles. The second-order valence-corrected chi connectivity index (χ2v) is 5.86. The first-order valence-electron chi connectivity index (χ1n) is 7.39.